The van der Waals surface area contributed by atoms with Gasteiger partial charge in [-0.05, 0) is 62.4 Å². The molecule has 1 aromatic carbocycles. The molecule has 0 heterocycles. The highest BCUT2D eigenvalue weighted by Gasteiger charge is 2.30. The summed E-state index contributed by atoms with van der Waals surface area (Å²) in [5.74, 6) is 0.649. The van der Waals surface area contributed by atoms with Crippen LogP contribution in [0, 0.1) is 11.7 Å². The van der Waals surface area contributed by atoms with Crippen LogP contribution in [-0.2, 0) is 6.54 Å². The van der Waals surface area contributed by atoms with E-state index in [-0.39, 0.29) is 5.82 Å². The standard InChI is InChI=1S/C16H25FN2/c1-4-7-18-11-13-8-15(17)10-16(9-13)19(3)12(2)14-5-6-14/h8-10,12,14,18H,4-7,11H2,1-3H3. The van der Waals surface area contributed by atoms with Crippen molar-refractivity contribution in [1.82, 2.24) is 5.32 Å². The number of nitrogens with one attached hydrogen (secondary N) is 1. The molecule has 1 aliphatic carbocycles. The van der Waals surface area contributed by atoms with Crippen LogP contribution in [0.5, 0.6) is 0 Å². The molecular weight excluding hydrogens is 239 g/mol. The fourth-order valence-corrected chi connectivity index (χ4v) is 2.48. The van der Waals surface area contributed by atoms with Gasteiger partial charge in [0, 0.05) is 25.3 Å². The van der Waals surface area contributed by atoms with E-state index in [4.69, 9.17) is 0 Å². The quantitative estimate of drug-likeness (QED) is 0.758. The van der Waals surface area contributed by atoms with Crippen molar-refractivity contribution >= 4 is 5.69 Å². The molecule has 1 atom stereocenters. The monoisotopic (exact) mass is 264 g/mol. The summed E-state index contributed by atoms with van der Waals surface area (Å²) >= 11 is 0. The van der Waals surface area contributed by atoms with Crippen molar-refractivity contribution < 1.29 is 4.39 Å². The molecule has 0 spiro atoms. The van der Waals surface area contributed by atoms with Crippen LogP contribution in [0.3, 0.4) is 0 Å². The number of hydrogen-bond acceptors (Lipinski definition) is 2. The first-order chi connectivity index (χ1) is 9.11. The second kappa shape index (κ2) is 6.38. The molecule has 0 bridgehead atoms. The van der Waals surface area contributed by atoms with Crippen molar-refractivity contribution in [3.05, 3.63) is 29.6 Å². The fraction of sp³-hybridized carbons (Fsp3) is 0.625. The number of rotatable bonds is 7. The van der Waals surface area contributed by atoms with E-state index in [0.717, 1.165) is 36.7 Å². The Kier molecular flexibility index (Phi) is 4.81. The van der Waals surface area contributed by atoms with Gasteiger partial charge in [-0.25, -0.2) is 4.39 Å². The number of benzene rings is 1. The Labute approximate surface area is 116 Å². The summed E-state index contributed by atoms with van der Waals surface area (Å²) in [5.41, 5.74) is 2.02. The van der Waals surface area contributed by atoms with Gasteiger partial charge < -0.3 is 10.2 Å². The van der Waals surface area contributed by atoms with E-state index in [0.29, 0.717) is 6.04 Å². The third-order valence-electron chi connectivity index (χ3n) is 4.02. The van der Waals surface area contributed by atoms with E-state index in [2.05, 4.69) is 37.2 Å². The minimum Gasteiger partial charge on any atom is -0.372 e. The Bertz CT molecular complexity index is 415. The number of nitrogens with zero attached hydrogens (tertiary/aromatic N) is 1. The van der Waals surface area contributed by atoms with Gasteiger partial charge >= 0.3 is 0 Å². The van der Waals surface area contributed by atoms with E-state index in [1.807, 2.05) is 0 Å². The molecule has 0 saturated heterocycles. The van der Waals surface area contributed by atoms with Crippen LogP contribution in [0.1, 0.15) is 38.7 Å². The van der Waals surface area contributed by atoms with Crippen molar-refractivity contribution in [1.29, 1.82) is 0 Å². The summed E-state index contributed by atoms with van der Waals surface area (Å²) in [4.78, 5) is 2.21. The van der Waals surface area contributed by atoms with Crippen molar-refractivity contribution in [2.75, 3.05) is 18.5 Å². The minimum atomic E-state index is -0.138. The highest BCUT2D eigenvalue weighted by molar-refractivity contribution is 5.49. The molecule has 2 nitrogen and oxygen atoms in total. The lowest BCUT2D eigenvalue weighted by Crippen LogP contribution is -2.30. The highest BCUT2D eigenvalue weighted by atomic mass is 19.1. The van der Waals surface area contributed by atoms with Gasteiger partial charge in [-0.15, -0.1) is 0 Å². The molecule has 106 valence electrons. The Morgan fingerprint density at radius 3 is 2.74 bits per heavy atom. The van der Waals surface area contributed by atoms with Gasteiger partial charge in [0.2, 0.25) is 0 Å². The van der Waals surface area contributed by atoms with E-state index in [1.54, 1.807) is 12.1 Å². The largest absolute Gasteiger partial charge is 0.372 e. The van der Waals surface area contributed by atoms with Crippen molar-refractivity contribution in [3.63, 3.8) is 0 Å². The van der Waals surface area contributed by atoms with Crippen molar-refractivity contribution in [2.24, 2.45) is 5.92 Å². The summed E-state index contributed by atoms with van der Waals surface area (Å²) < 4.78 is 13.7. The molecule has 1 aromatic rings. The molecule has 1 unspecified atom stereocenters. The van der Waals surface area contributed by atoms with Crippen LogP contribution >= 0.6 is 0 Å². The maximum absolute atomic E-state index is 13.7. The Morgan fingerprint density at radius 1 is 1.37 bits per heavy atom. The lowest BCUT2D eigenvalue weighted by molar-refractivity contribution is 0.597. The van der Waals surface area contributed by atoms with Gasteiger partial charge in [0.1, 0.15) is 5.82 Å². The number of halogens is 1. The molecule has 0 amide bonds. The van der Waals surface area contributed by atoms with E-state index in [9.17, 15) is 4.39 Å². The van der Waals surface area contributed by atoms with Gasteiger partial charge in [-0.3, -0.25) is 0 Å². The fourth-order valence-electron chi connectivity index (χ4n) is 2.48. The molecule has 1 aliphatic rings. The van der Waals surface area contributed by atoms with Crippen LogP contribution in [0.25, 0.3) is 0 Å². The number of anilines is 1. The molecule has 1 fully saturated rings. The summed E-state index contributed by atoms with van der Waals surface area (Å²) in [7, 11) is 2.07. The zero-order chi connectivity index (χ0) is 13.8. The summed E-state index contributed by atoms with van der Waals surface area (Å²) in [6.07, 6.45) is 3.72. The molecule has 0 radical (unpaired) electrons. The zero-order valence-electron chi connectivity index (χ0n) is 12.2. The molecular formula is C16H25FN2. The molecule has 19 heavy (non-hydrogen) atoms. The predicted molar refractivity (Wildman–Crippen MR) is 79.0 cm³/mol. The molecule has 0 aliphatic heterocycles. The van der Waals surface area contributed by atoms with E-state index >= 15 is 0 Å². The second-order valence-electron chi connectivity index (χ2n) is 5.68. The van der Waals surface area contributed by atoms with Gasteiger partial charge in [-0.1, -0.05) is 6.92 Å². The molecule has 1 saturated carbocycles. The average molecular weight is 264 g/mol. The molecule has 3 heteroatoms. The maximum Gasteiger partial charge on any atom is 0.125 e. The second-order valence-corrected chi connectivity index (χ2v) is 5.68. The van der Waals surface area contributed by atoms with E-state index in [1.165, 1.54) is 12.8 Å². The molecule has 1 N–H and O–H groups in total. The zero-order valence-corrected chi connectivity index (χ0v) is 12.2. The third-order valence-corrected chi connectivity index (χ3v) is 4.02. The van der Waals surface area contributed by atoms with Crippen molar-refractivity contribution in [2.45, 2.75) is 45.7 Å². The lowest BCUT2D eigenvalue weighted by atomic mass is 10.1. The van der Waals surface area contributed by atoms with Gasteiger partial charge in [0.15, 0.2) is 0 Å². The van der Waals surface area contributed by atoms with Gasteiger partial charge in [-0.2, -0.15) is 0 Å². The summed E-state index contributed by atoms with van der Waals surface area (Å²) in [6, 6.07) is 5.87. The Hall–Kier alpha value is -1.09. The SMILES string of the molecule is CCCNCc1cc(F)cc(N(C)C(C)C2CC2)c1. The van der Waals surface area contributed by atoms with Crippen LogP contribution in [-0.4, -0.2) is 19.6 Å². The Morgan fingerprint density at radius 2 is 2.11 bits per heavy atom. The normalized spacial score (nSPS) is 16.4. The first kappa shape index (κ1) is 14.3. The highest BCUT2D eigenvalue weighted by Crippen LogP contribution is 2.36. The average Bonchev–Trinajstić information content (AvgIpc) is 3.21. The Balaban J connectivity index is 2.06. The van der Waals surface area contributed by atoms with Crippen LogP contribution in [0.2, 0.25) is 0 Å². The lowest BCUT2D eigenvalue weighted by Gasteiger charge is -2.27. The minimum absolute atomic E-state index is 0.138. The summed E-state index contributed by atoms with van der Waals surface area (Å²) in [6.45, 7) is 6.08. The van der Waals surface area contributed by atoms with Crippen LogP contribution < -0.4 is 10.2 Å². The van der Waals surface area contributed by atoms with E-state index < -0.39 is 0 Å². The summed E-state index contributed by atoms with van der Waals surface area (Å²) in [5, 5.41) is 3.32. The van der Waals surface area contributed by atoms with Gasteiger partial charge in [0.25, 0.3) is 0 Å². The van der Waals surface area contributed by atoms with Crippen LogP contribution in [0.15, 0.2) is 18.2 Å². The topological polar surface area (TPSA) is 15.3 Å². The number of hydrogen-bond donors (Lipinski definition) is 1. The molecule has 2 rings (SSSR count). The third kappa shape index (κ3) is 3.93. The molecule has 0 aromatic heterocycles. The maximum atomic E-state index is 13.7. The first-order valence-electron chi connectivity index (χ1n) is 7.34. The predicted octanol–water partition coefficient (Wildman–Crippen LogP) is 3.56. The van der Waals surface area contributed by atoms with Crippen molar-refractivity contribution in [3.8, 4) is 0 Å². The first-order valence-corrected chi connectivity index (χ1v) is 7.34. The smallest absolute Gasteiger partial charge is 0.125 e. The van der Waals surface area contributed by atoms with Crippen LogP contribution in [0.4, 0.5) is 10.1 Å². The van der Waals surface area contributed by atoms with Gasteiger partial charge in [0.05, 0.1) is 0 Å².